The maximum Gasteiger partial charge on any atom is 0.286 e. The lowest BCUT2D eigenvalue weighted by atomic mass is 10.1. The summed E-state index contributed by atoms with van der Waals surface area (Å²) in [6.45, 7) is 1.41. The fraction of sp³-hybridized carbons (Fsp3) is 0.217. The van der Waals surface area contributed by atoms with Crippen molar-refractivity contribution in [2.75, 3.05) is 35.9 Å². The summed E-state index contributed by atoms with van der Waals surface area (Å²) in [5.41, 5.74) is 1.24. The number of nitro groups is 1. The molecule has 0 atom stereocenters. The van der Waals surface area contributed by atoms with Crippen molar-refractivity contribution in [1.82, 2.24) is 4.98 Å². The minimum Gasteiger partial charge on any atom is -0.493 e. The van der Waals surface area contributed by atoms with Crippen molar-refractivity contribution in [2.24, 2.45) is 0 Å². The minimum atomic E-state index is -0.717. The monoisotopic (exact) mass is 545 g/mol. The third-order valence-corrected chi connectivity index (χ3v) is 6.46. The van der Waals surface area contributed by atoms with Crippen LogP contribution in [0.5, 0.6) is 11.5 Å². The highest BCUT2D eigenvalue weighted by molar-refractivity contribution is 7.99. The van der Waals surface area contributed by atoms with Crippen LogP contribution in [0.15, 0.2) is 41.8 Å². The molecule has 12 nitrogen and oxygen atoms in total. The fourth-order valence-electron chi connectivity index (χ4n) is 3.08. The molecule has 0 aliphatic rings. The van der Waals surface area contributed by atoms with Crippen LogP contribution in [0.2, 0.25) is 0 Å². The Labute approximate surface area is 219 Å². The summed E-state index contributed by atoms with van der Waals surface area (Å²) >= 11 is 2.49. The van der Waals surface area contributed by atoms with E-state index < -0.39 is 16.5 Å². The number of carbonyl (C=O) groups is 3. The van der Waals surface area contributed by atoms with Crippen LogP contribution >= 0.6 is 23.1 Å². The van der Waals surface area contributed by atoms with Gasteiger partial charge in [0.1, 0.15) is 5.56 Å². The zero-order valence-corrected chi connectivity index (χ0v) is 21.7. The summed E-state index contributed by atoms with van der Waals surface area (Å²) in [5.74, 6) is -0.212. The number of nitrogens with one attached hydrogen (secondary N) is 3. The molecular formula is C23H23N5O7S2. The molecule has 3 aromatic rings. The first kappa shape index (κ1) is 27.4. The van der Waals surface area contributed by atoms with Crippen molar-refractivity contribution < 1.29 is 28.8 Å². The first-order chi connectivity index (χ1) is 17.7. The van der Waals surface area contributed by atoms with Gasteiger partial charge in [-0.15, -0.1) is 23.1 Å². The summed E-state index contributed by atoms with van der Waals surface area (Å²) in [6.07, 6.45) is 0. The van der Waals surface area contributed by atoms with Gasteiger partial charge in [0.2, 0.25) is 11.8 Å². The van der Waals surface area contributed by atoms with Gasteiger partial charge in [0.05, 0.1) is 36.7 Å². The Hall–Kier alpha value is -4.17. The van der Waals surface area contributed by atoms with Crippen molar-refractivity contribution in [3.05, 3.63) is 63.1 Å². The van der Waals surface area contributed by atoms with Gasteiger partial charge in [-0.1, -0.05) is 0 Å². The number of nitrogens with zero attached hydrogens (tertiary/aromatic N) is 2. The number of amides is 3. The van der Waals surface area contributed by atoms with Crippen molar-refractivity contribution in [1.29, 1.82) is 0 Å². The molecule has 0 unspecified atom stereocenters. The van der Waals surface area contributed by atoms with E-state index in [1.807, 2.05) is 0 Å². The Balaban J connectivity index is 1.54. The van der Waals surface area contributed by atoms with Gasteiger partial charge in [0, 0.05) is 35.5 Å². The number of anilines is 3. The number of benzene rings is 2. The molecule has 0 bridgehead atoms. The van der Waals surface area contributed by atoms with E-state index >= 15 is 0 Å². The number of ether oxygens (including phenoxy) is 2. The van der Waals surface area contributed by atoms with Gasteiger partial charge < -0.3 is 20.1 Å². The molecule has 3 N–H and O–H groups in total. The highest BCUT2D eigenvalue weighted by atomic mass is 32.2. The number of hydrogen-bond acceptors (Lipinski definition) is 10. The maximum absolute atomic E-state index is 12.7. The Kier molecular flexibility index (Phi) is 9.40. The summed E-state index contributed by atoms with van der Waals surface area (Å²) in [5, 5.41) is 21.4. The molecule has 3 rings (SSSR count). The van der Waals surface area contributed by atoms with Gasteiger partial charge in [-0.3, -0.25) is 29.8 Å². The summed E-state index contributed by atoms with van der Waals surface area (Å²) in [7, 11) is 2.70. The van der Waals surface area contributed by atoms with Crippen molar-refractivity contribution >= 4 is 63.0 Å². The number of methoxy groups -OCH3 is 2. The maximum atomic E-state index is 12.7. The van der Waals surface area contributed by atoms with E-state index in [1.165, 1.54) is 39.0 Å². The molecule has 37 heavy (non-hydrogen) atoms. The number of carbonyl (C=O) groups excluding carboxylic acids is 3. The smallest absolute Gasteiger partial charge is 0.286 e. The highest BCUT2D eigenvalue weighted by Gasteiger charge is 2.25. The number of nitro benzene ring substituents is 1. The largest absolute Gasteiger partial charge is 0.493 e. The van der Waals surface area contributed by atoms with Gasteiger partial charge in [0.15, 0.2) is 16.6 Å². The molecule has 1 aromatic heterocycles. The van der Waals surface area contributed by atoms with Crippen LogP contribution in [-0.2, 0) is 15.3 Å². The normalized spacial score (nSPS) is 10.4. The third kappa shape index (κ3) is 7.65. The van der Waals surface area contributed by atoms with Gasteiger partial charge in [-0.25, -0.2) is 4.98 Å². The quantitative estimate of drug-likeness (QED) is 0.237. The molecule has 0 spiro atoms. The number of rotatable bonds is 11. The van der Waals surface area contributed by atoms with Crippen LogP contribution < -0.4 is 25.4 Å². The third-order valence-electron chi connectivity index (χ3n) is 4.69. The van der Waals surface area contributed by atoms with Crippen LogP contribution in [0, 0.1) is 10.1 Å². The summed E-state index contributed by atoms with van der Waals surface area (Å²) < 4.78 is 10.2. The number of hydrogen-bond donors (Lipinski definition) is 3. The van der Waals surface area contributed by atoms with Crippen LogP contribution in [-0.4, -0.2) is 47.6 Å². The minimum absolute atomic E-state index is 0.130. The van der Waals surface area contributed by atoms with E-state index in [2.05, 4.69) is 20.9 Å². The highest BCUT2D eigenvalue weighted by Crippen LogP contribution is 2.35. The van der Waals surface area contributed by atoms with Gasteiger partial charge >= 0.3 is 0 Å². The van der Waals surface area contributed by atoms with E-state index in [4.69, 9.17) is 9.47 Å². The SMILES string of the molecule is COc1cc(C(=O)Nc2nc(CSCC(=O)Nc3ccc(NC(C)=O)cc3)cs2)c([N+](=O)[O-])cc1OC. The first-order valence-electron chi connectivity index (χ1n) is 10.6. The van der Waals surface area contributed by atoms with Gasteiger partial charge in [-0.2, -0.15) is 0 Å². The molecule has 1 heterocycles. The number of thiazole rings is 1. The standard InChI is InChI=1S/C23H23N5O7S2/c1-13(29)24-14-4-6-15(7-5-14)25-21(30)12-36-10-16-11-37-23(26-16)27-22(31)17-8-19(34-2)20(35-3)9-18(17)28(32)33/h4-9,11H,10,12H2,1-3H3,(H,24,29)(H,25,30)(H,26,27,31). The molecule has 0 aliphatic carbocycles. The molecule has 194 valence electrons. The second kappa shape index (κ2) is 12.7. The number of aromatic nitrogens is 1. The lowest BCUT2D eigenvalue weighted by Crippen LogP contribution is -2.15. The summed E-state index contributed by atoms with van der Waals surface area (Å²) in [4.78, 5) is 51.1. The van der Waals surface area contributed by atoms with E-state index in [0.29, 0.717) is 22.8 Å². The van der Waals surface area contributed by atoms with E-state index in [0.717, 1.165) is 17.4 Å². The Morgan fingerprint density at radius 2 is 1.65 bits per heavy atom. The molecule has 0 saturated heterocycles. The molecule has 0 radical (unpaired) electrons. The Morgan fingerprint density at radius 1 is 1.03 bits per heavy atom. The Bertz CT molecular complexity index is 1310. The lowest BCUT2D eigenvalue weighted by molar-refractivity contribution is -0.385. The molecule has 2 aromatic carbocycles. The van der Waals surface area contributed by atoms with Crippen LogP contribution in [0.25, 0.3) is 0 Å². The number of thioether (sulfide) groups is 1. The molecule has 0 aliphatic heterocycles. The molecule has 0 fully saturated rings. The summed E-state index contributed by atoms with van der Waals surface area (Å²) in [6, 6.07) is 9.11. The molecule has 0 saturated carbocycles. The molecule has 14 heteroatoms. The zero-order valence-electron chi connectivity index (χ0n) is 20.0. The molecular weight excluding hydrogens is 522 g/mol. The fourth-order valence-corrected chi connectivity index (χ4v) is 4.61. The predicted molar refractivity (Wildman–Crippen MR) is 142 cm³/mol. The topological polar surface area (TPSA) is 162 Å². The predicted octanol–water partition coefficient (Wildman–Crippen LogP) is 4.15. The van der Waals surface area contributed by atoms with Crippen LogP contribution in [0.4, 0.5) is 22.2 Å². The van der Waals surface area contributed by atoms with E-state index in [1.54, 1.807) is 29.6 Å². The zero-order chi connectivity index (χ0) is 26.9. The van der Waals surface area contributed by atoms with Crippen molar-refractivity contribution in [2.45, 2.75) is 12.7 Å². The second-order valence-electron chi connectivity index (χ2n) is 7.38. The van der Waals surface area contributed by atoms with Gasteiger partial charge in [-0.05, 0) is 24.3 Å². The average Bonchev–Trinajstić information content (AvgIpc) is 3.30. The van der Waals surface area contributed by atoms with Crippen LogP contribution in [0.3, 0.4) is 0 Å². The van der Waals surface area contributed by atoms with E-state index in [9.17, 15) is 24.5 Å². The molecule has 3 amide bonds. The van der Waals surface area contributed by atoms with Gasteiger partial charge in [0.25, 0.3) is 11.6 Å². The lowest BCUT2D eigenvalue weighted by Gasteiger charge is -2.10. The Morgan fingerprint density at radius 3 is 2.24 bits per heavy atom. The van der Waals surface area contributed by atoms with E-state index in [-0.39, 0.29) is 39.8 Å². The van der Waals surface area contributed by atoms with Crippen LogP contribution in [0.1, 0.15) is 23.0 Å². The van der Waals surface area contributed by atoms with Crippen molar-refractivity contribution in [3.8, 4) is 11.5 Å². The first-order valence-corrected chi connectivity index (χ1v) is 12.6. The second-order valence-corrected chi connectivity index (χ2v) is 9.22. The van der Waals surface area contributed by atoms with Crippen molar-refractivity contribution in [3.63, 3.8) is 0 Å². The average molecular weight is 546 g/mol.